The van der Waals surface area contributed by atoms with E-state index < -0.39 is 0 Å². The first kappa shape index (κ1) is 21.0. The third-order valence-corrected chi connectivity index (χ3v) is 6.19. The van der Waals surface area contributed by atoms with Crippen LogP contribution in [0.25, 0.3) is 0 Å². The minimum atomic E-state index is -0.0329. The van der Waals surface area contributed by atoms with Gasteiger partial charge in [0.05, 0.1) is 23.2 Å². The van der Waals surface area contributed by atoms with E-state index >= 15 is 0 Å². The first-order chi connectivity index (χ1) is 14.5. The summed E-state index contributed by atoms with van der Waals surface area (Å²) in [6.07, 6.45) is 0.399. The highest BCUT2D eigenvalue weighted by Crippen LogP contribution is 2.37. The molecule has 3 aromatic rings. The van der Waals surface area contributed by atoms with Crippen LogP contribution in [0.4, 0.5) is 5.69 Å². The van der Waals surface area contributed by atoms with Crippen molar-refractivity contribution < 1.29 is 4.79 Å². The lowest BCUT2D eigenvalue weighted by Crippen LogP contribution is -2.51. The lowest BCUT2D eigenvalue weighted by molar-refractivity contribution is -0.131. The van der Waals surface area contributed by atoms with Gasteiger partial charge in [-0.1, -0.05) is 77.3 Å². The summed E-state index contributed by atoms with van der Waals surface area (Å²) in [5.74, 6) is 0.127. The van der Waals surface area contributed by atoms with Crippen molar-refractivity contribution in [2.24, 2.45) is 0 Å². The summed E-state index contributed by atoms with van der Waals surface area (Å²) in [6.45, 7) is 1.89. The van der Waals surface area contributed by atoms with E-state index in [1.807, 2.05) is 71.6 Å². The van der Waals surface area contributed by atoms with Gasteiger partial charge in [0.25, 0.3) is 0 Å². The Bertz CT molecular complexity index is 1020. The van der Waals surface area contributed by atoms with Crippen LogP contribution in [0.3, 0.4) is 0 Å². The van der Waals surface area contributed by atoms with Crippen LogP contribution in [-0.4, -0.2) is 30.4 Å². The molecule has 1 aliphatic heterocycles. The third-order valence-electron chi connectivity index (χ3n) is 5.41. The van der Waals surface area contributed by atoms with Crippen molar-refractivity contribution in [3.8, 4) is 0 Å². The molecule has 0 saturated carbocycles. The van der Waals surface area contributed by atoms with E-state index in [2.05, 4.69) is 4.90 Å². The number of amides is 1. The summed E-state index contributed by atoms with van der Waals surface area (Å²) in [5.41, 5.74) is 3.02. The number of carbonyl (C=O) groups excluding carboxylic acids is 1. The highest BCUT2D eigenvalue weighted by molar-refractivity contribution is 6.36. The van der Waals surface area contributed by atoms with E-state index in [4.69, 9.17) is 34.8 Å². The number of hydrogen-bond acceptors (Lipinski definition) is 2. The van der Waals surface area contributed by atoms with E-state index in [1.54, 1.807) is 6.07 Å². The molecule has 1 aliphatic rings. The van der Waals surface area contributed by atoms with Crippen LogP contribution in [0, 0.1) is 0 Å². The summed E-state index contributed by atoms with van der Waals surface area (Å²) in [7, 11) is 0. The second-order valence-corrected chi connectivity index (χ2v) is 8.64. The average Bonchev–Trinajstić information content (AvgIpc) is 2.75. The maximum atomic E-state index is 13.0. The number of halogens is 3. The largest absolute Gasteiger partial charge is 0.360 e. The smallest absolute Gasteiger partial charge is 0.227 e. The maximum absolute atomic E-state index is 13.0. The van der Waals surface area contributed by atoms with Crippen LogP contribution in [0.15, 0.2) is 72.8 Å². The van der Waals surface area contributed by atoms with E-state index in [0.717, 1.165) is 16.8 Å². The number of carbonyl (C=O) groups is 1. The lowest BCUT2D eigenvalue weighted by atomic mass is 10.0. The summed E-state index contributed by atoms with van der Waals surface area (Å²) in [5, 5.41) is 1.89. The molecule has 1 saturated heterocycles. The minimum Gasteiger partial charge on any atom is -0.360 e. The molecular weight excluding hydrogens is 439 g/mol. The fourth-order valence-electron chi connectivity index (χ4n) is 3.86. The number of piperazine rings is 1. The van der Waals surface area contributed by atoms with Crippen molar-refractivity contribution in [1.29, 1.82) is 0 Å². The second kappa shape index (κ2) is 9.30. The molecule has 0 radical (unpaired) electrons. The number of benzene rings is 3. The molecule has 0 N–H and O–H groups in total. The van der Waals surface area contributed by atoms with E-state index in [0.29, 0.717) is 41.1 Å². The number of anilines is 1. The normalized spacial score (nSPS) is 16.6. The molecule has 154 valence electrons. The molecule has 3 aromatic carbocycles. The summed E-state index contributed by atoms with van der Waals surface area (Å²) < 4.78 is 0. The molecule has 0 aliphatic carbocycles. The van der Waals surface area contributed by atoms with Crippen LogP contribution in [0.5, 0.6) is 0 Å². The number of nitrogens with zero attached hydrogens (tertiary/aromatic N) is 2. The van der Waals surface area contributed by atoms with Gasteiger partial charge in [0.2, 0.25) is 5.91 Å². The molecule has 1 fully saturated rings. The highest BCUT2D eigenvalue weighted by Gasteiger charge is 2.31. The average molecular weight is 460 g/mol. The topological polar surface area (TPSA) is 23.6 Å². The van der Waals surface area contributed by atoms with Gasteiger partial charge < -0.3 is 9.80 Å². The van der Waals surface area contributed by atoms with Gasteiger partial charge in [0, 0.05) is 29.7 Å². The third kappa shape index (κ3) is 4.75. The Labute approximate surface area is 191 Å². The summed E-state index contributed by atoms with van der Waals surface area (Å²) in [4.78, 5) is 17.2. The molecule has 0 spiro atoms. The predicted molar refractivity (Wildman–Crippen MR) is 125 cm³/mol. The molecular formula is C24H21Cl3N2O. The van der Waals surface area contributed by atoms with Crippen LogP contribution < -0.4 is 4.90 Å². The van der Waals surface area contributed by atoms with Gasteiger partial charge in [0.1, 0.15) is 0 Å². The summed E-state index contributed by atoms with van der Waals surface area (Å²) >= 11 is 18.7. The SMILES string of the molecule is O=C(Cc1ccccc1)N1CCN(c2ccc(Cl)cc2Cl)C(c2ccc(Cl)cc2)C1. The zero-order chi connectivity index (χ0) is 21.1. The Balaban J connectivity index is 1.61. The molecule has 1 heterocycles. The first-order valence-corrected chi connectivity index (χ1v) is 10.9. The van der Waals surface area contributed by atoms with Crippen LogP contribution in [-0.2, 0) is 11.2 Å². The second-order valence-electron chi connectivity index (χ2n) is 7.36. The molecule has 0 aromatic heterocycles. The number of rotatable bonds is 4. The standard InChI is InChI=1S/C24H21Cl3N2O/c25-19-8-6-18(7-9-19)23-16-28(24(30)14-17-4-2-1-3-5-17)12-13-29(23)22-11-10-20(26)15-21(22)27/h1-11,15,23H,12-14,16H2. The monoisotopic (exact) mass is 458 g/mol. The Kier molecular flexibility index (Phi) is 6.52. The molecule has 30 heavy (non-hydrogen) atoms. The van der Waals surface area contributed by atoms with Gasteiger partial charge in [-0.05, 0) is 41.5 Å². The molecule has 4 rings (SSSR count). The van der Waals surface area contributed by atoms with E-state index in [1.165, 1.54) is 0 Å². The van der Waals surface area contributed by atoms with Crippen molar-refractivity contribution in [2.45, 2.75) is 12.5 Å². The molecule has 0 bridgehead atoms. The van der Waals surface area contributed by atoms with Gasteiger partial charge in [-0.15, -0.1) is 0 Å². The van der Waals surface area contributed by atoms with Crippen LogP contribution in [0.2, 0.25) is 15.1 Å². The van der Waals surface area contributed by atoms with E-state index in [9.17, 15) is 4.79 Å². The fourth-order valence-corrected chi connectivity index (χ4v) is 4.51. The van der Waals surface area contributed by atoms with Crippen LogP contribution in [0.1, 0.15) is 17.2 Å². The van der Waals surface area contributed by atoms with Crippen molar-refractivity contribution >= 4 is 46.4 Å². The molecule has 1 atom stereocenters. The molecule has 1 amide bonds. The molecule has 1 unspecified atom stereocenters. The quantitative estimate of drug-likeness (QED) is 0.458. The Morgan fingerprint density at radius 2 is 1.57 bits per heavy atom. The van der Waals surface area contributed by atoms with Crippen molar-refractivity contribution in [1.82, 2.24) is 4.90 Å². The summed E-state index contributed by atoms with van der Waals surface area (Å²) in [6, 6.07) is 23.1. The van der Waals surface area contributed by atoms with Gasteiger partial charge in [-0.2, -0.15) is 0 Å². The molecule has 3 nitrogen and oxygen atoms in total. The van der Waals surface area contributed by atoms with Crippen molar-refractivity contribution in [2.75, 3.05) is 24.5 Å². The fraction of sp³-hybridized carbons (Fsp3) is 0.208. The lowest BCUT2D eigenvalue weighted by Gasteiger charge is -2.43. The van der Waals surface area contributed by atoms with Crippen molar-refractivity contribution in [3.63, 3.8) is 0 Å². The first-order valence-electron chi connectivity index (χ1n) is 9.80. The van der Waals surface area contributed by atoms with Gasteiger partial charge in [0.15, 0.2) is 0 Å². The van der Waals surface area contributed by atoms with E-state index in [-0.39, 0.29) is 11.9 Å². The van der Waals surface area contributed by atoms with Gasteiger partial charge in [-0.3, -0.25) is 4.79 Å². The highest BCUT2D eigenvalue weighted by atomic mass is 35.5. The van der Waals surface area contributed by atoms with Gasteiger partial charge in [-0.25, -0.2) is 0 Å². The predicted octanol–water partition coefficient (Wildman–Crippen LogP) is 6.28. The van der Waals surface area contributed by atoms with Crippen LogP contribution >= 0.6 is 34.8 Å². The Morgan fingerprint density at radius 3 is 2.27 bits per heavy atom. The van der Waals surface area contributed by atoms with Crippen molar-refractivity contribution in [3.05, 3.63) is 99.0 Å². The molecule has 6 heteroatoms. The minimum absolute atomic E-state index is 0.0329. The zero-order valence-corrected chi connectivity index (χ0v) is 18.5. The maximum Gasteiger partial charge on any atom is 0.227 e. The van der Waals surface area contributed by atoms with Gasteiger partial charge >= 0.3 is 0 Å². The Morgan fingerprint density at radius 1 is 0.867 bits per heavy atom. The number of hydrogen-bond donors (Lipinski definition) is 0. The Hall–Kier alpha value is -2.20. The zero-order valence-electron chi connectivity index (χ0n) is 16.3.